The maximum Gasteiger partial charge on any atom is 1.00 e. The van der Waals surface area contributed by atoms with Crippen LogP contribution in [0.2, 0.25) is 51.4 Å². The molecule has 19 heteroatoms. The molecule has 441 valence electrons. The zero-order valence-corrected chi connectivity index (χ0v) is 55.9. The Kier molecular flexibility index (Phi) is 16.5. The van der Waals surface area contributed by atoms with Crippen molar-refractivity contribution in [1.82, 2.24) is 44.7 Å². The molecule has 0 saturated heterocycles. The minimum atomic E-state index is -1.09. The van der Waals surface area contributed by atoms with Gasteiger partial charge in [-0.15, -0.1) is 0 Å². The molecule has 3 aromatic carbocycles. The molecular formula is C66H87AlLiN12O3Si2. The number of carbonyl (C=O) groups excluding carboxylic acids is 1. The van der Waals surface area contributed by atoms with Gasteiger partial charge in [-0.1, -0.05) is 67.0 Å². The number of ether oxygens (including phenoxy) is 2. The van der Waals surface area contributed by atoms with Crippen LogP contribution in [0.4, 0.5) is 17.1 Å². The molecule has 6 aliphatic rings. The Morgan fingerprint density at radius 3 is 1.45 bits per heavy atom. The third-order valence-corrected chi connectivity index (χ3v) is 22.1. The Morgan fingerprint density at radius 2 is 0.976 bits per heavy atom. The number of nitrogens with one attached hydrogen (secondary N) is 7. The maximum atomic E-state index is 12.4. The van der Waals surface area contributed by atoms with Gasteiger partial charge in [0.2, 0.25) is 5.91 Å². The van der Waals surface area contributed by atoms with Crippen LogP contribution in [-0.4, -0.2) is 110 Å². The molecule has 0 fully saturated rings. The number of amides is 1. The number of anilines is 3. The van der Waals surface area contributed by atoms with Crippen LogP contribution in [-0.2, 0) is 82.5 Å². The zero-order chi connectivity index (χ0) is 58.0. The third-order valence-electron chi connectivity index (χ3n) is 18.7. The number of hydrogen-bond donors (Lipinski definition) is 7. The Labute approximate surface area is 526 Å². The molecule has 0 atom stereocenters. The molecule has 3 radical (unpaired) electrons. The Morgan fingerprint density at radius 1 is 0.553 bits per heavy atom. The monoisotopic (exact) mass is 1190 g/mol. The molecule has 7 N–H and O–H groups in total. The first-order valence-corrected chi connectivity index (χ1v) is 38.1. The van der Waals surface area contributed by atoms with Gasteiger partial charge in [0.25, 0.3) is 0 Å². The van der Waals surface area contributed by atoms with E-state index in [-0.39, 0.29) is 54.4 Å². The summed E-state index contributed by atoms with van der Waals surface area (Å²) in [6, 6.07) is 16.0. The number of carbonyl (C=O) groups is 1. The van der Waals surface area contributed by atoms with Gasteiger partial charge in [0.1, 0.15) is 24.8 Å². The summed E-state index contributed by atoms with van der Waals surface area (Å²) in [5, 5.41) is 31.4. The number of aryl methyl sites for hydroxylation is 6. The van der Waals surface area contributed by atoms with E-state index in [9.17, 15) is 4.79 Å². The van der Waals surface area contributed by atoms with Crippen molar-refractivity contribution < 1.29 is 34.6 Å². The van der Waals surface area contributed by atoms with Crippen LogP contribution < -0.4 is 34.8 Å². The molecule has 15 nitrogen and oxygen atoms in total. The van der Waals surface area contributed by atoms with Crippen LogP contribution in [0.1, 0.15) is 112 Å². The molecular weight excluding hydrogens is 1100 g/mol. The maximum absolute atomic E-state index is 12.4. The van der Waals surface area contributed by atoms with Crippen molar-refractivity contribution >= 4 is 89.2 Å². The number of fused-ring (bicyclic) bond motifs is 18. The molecule has 15 rings (SSSR count). The molecule has 0 saturated carbocycles. The Hall–Kier alpha value is -5.54. The van der Waals surface area contributed by atoms with E-state index in [1.54, 1.807) is 0 Å². The van der Waals surface area contributed by atoms with Crippen molar-refractivity contribution in [3.05, 3.63) is 105 Å². The van der Waals surface area contributed by atoms with Crippen molar-refractivity contribution in [3.8, 4) is 34.2 Å². The molecule has 6 aromatic heterocycles. The molecule has 9 heterocycles. The van der Waals surface area contributed by atoms with Gasteiger partial charge < -0.3 is 41.8 Å². The summed E-state index contributed by atoms with van der Waals surface area (Å²) >= 11 is 0. The van der Waals surface area contributed by atoms with Gasteiger partial charge in [0.15, 0.2) is 0 Å². The molecule has 1 amide bonds. The zero-order valence-electron chi connectivity index (χ0n) is 53.8. The molecule has 0 spiro atoms. The van der Waals surface area contributed by atoms with E-state index in [0.717, 1.165) is 118 Å². The first kappa shape index (κ1) is 61.1. The second-order valence-electron chi connectivity index (χ2n) is 28.9. The van der Waals surface area contributed by atoms with Gasteiger partial charge in [0.05, 0.1) is 34.4 Å². The van der Waals surface area contributed by atoms with Crippen LogP contribution in [0.25, 0.3) is 66.9 Å². The number of aromatic nitrogens is 9. The van der Waals surface area contributed by atoms with Crippen LogP contribution in [0.15, 0.2) is 55.0 Å². The van der Waals surface area contributed by atoms with Crippen molar-refractivity contribution in [1.29, 1.82) is 0 Å². The number of nitrogens with zero attached hydrogens (tertiary/aromatic N) is 5. The minimum Gasteiger partial charge on any atom is -1.00 e. The fraction of sp³-hybridized carbons (Fsp3) is 0.485. The van der Waals surface area contributed by atoms with E-state index < -0.39 is 21.6 Å². The number of aromatic amines is 4. The fourth-order valence-corrected chi connectivity index (χ4v) is 15.1. The summed E-state index contributed by atoms with van der Waals surface area (Å²) in [7, 11) is -2.15. The quantitative estimate of drug-likeness (QED) is 0.0521. The molecule has 9 aromatic rings. The van der Waals surface area contributed by atoms with Crippen LogP contribution in [0.3, 0.4) is 0 Å². The summed E-state index contributed by atoms with van der Waals surface area (Å²) in [6.45, 7) is 32.1. The number of benzene rings is 3. The molecule has 3 aliphatic carbocycles. The number of rotatable bonds is 10. The van der Waals surface area contributed by atoms with E-state index in [1.165, 1.54) is 113 Å². The second kappa shape index (κ2) is 22.9. The van der Waals surface area contributed by atoms with Crippen molar-refractivity contribution in [2.75, 3.05) is 42.3 Å². The van der Waals surface area contributed by atoms with E-state index in [0.29, 0.717) is 13.5 Å². The summed E-state index contributed by atoms with van der Waals surface area (Å²) in [4.78, 5) is 23.4. The van der Waals surface area contributed by atoms with Gasteiger partial charge in [-0.3, -0.25) is 9.89 Å². The smallest absolute Gasteiger partial charge is 1.00 e. The average molecular weight is 1190 g/mol. The van der Waals surface area contributed by atoms with E-state index in [2.05, 4.69) is 157 Å². The Balaban J connectivity index is 0.000000142. The van der Waals surface area contributed by atoms with E-state index >= 15 is 0 Å². The predicted molar refractivity (Wildman–Crippen MR) is 351 cm³/mol. The number of H-pyrrole nitrogens is 4. The fourth-order valence-electron chi connectivity index (χ4n) is 13.5. The van der Waals surface area contributed by atoms with E-state index in [1.807, 2.05) is 29.4 Å². The van der Waals surface area contributed by atoms with E-state index in [4.69, 9.17) is 19.7 Å². The first-order chi connectivity index (χ1) is 39.5. The molecule has 0 unspecified atom stereocenters. The summed E-state index contributed by atoms with van der Waals surface area (Å²) in [6.07, 6.45) is 16.2. The first-order valence-electron chi connectivity index (χ1n) is 30.7. The van der Waals surface area contributed by atoms with Crippen molar-refractivity contribution in [2.24, 2.45) is 0 Å². The summed E-state index contributed by atoms with van der Waals surface area (Å²) in [5.41, 5.74) is 25.9. The predicted octanol–water partition coefficient (Wildman–Crippen LogP) is 11.1. The number of hydrogen-bond acceptors (Lipinski definition) is 8. The van der Waals surface area contributed by atoms with Gasteiger partial charge >= 0.3 is 18.9 Å². The molecule has 85 heavy (non-hydrogen) atoms. The van der Waals surface area contributed by atoms with Gasteiger partial charge in [-0.2, -0.15) is 15.3 Å². The molecule has 0 bridgehead atoms. The third kappa shape index (κ3) is 11.6. The molecule has 3 aliphatic heterocycles. The van der Waals surface area contributed by atoms with Gasteiger partial charge in [-0.05, 0) is 170 Å². The SMILES string of the molecule is CC1(C)C(=O)Nc2cc3c4c([nH]c3cc21)-c1nn(COCC[Si](C)(C)C)cc1CCC4.CC1(C)CNc2cc3c4c([nH]c3cc21)-c1[nH]ncc1CCC4.CC1(C)CNc2cc3c4c([nH]c3cc21)-c1nn(COCC[Si](C)(C)C)cc1CCC4.[Al].[H-].[Li+]. The van der Waals surface area contributed by atoms with Crippen molar-refractivity contribution in [2.45, 2.75) is 180 Å². The average Bonchev–Trinajstić information content (AvgIpc) is 2.54. The summed E-state index contributed by atoms with van der Waals surface area (Å²) < 4.78 is 15.8. The van der Waals surface area contributed by atoms with Crippen LogP contribution in [0.5, 0.6) is 0 Å². The standard InChI is InChI=1S/C24H32N4O2Si.C24H34N4OSi.C18H20N4.Al.Li.H/c1-24(2)18-12-19-17(11-20(18)26-23(24)29)16-8-6-7-15-13-28(27-21(15)22(16)25-19)14-30-9-10-31(3,4)5;1-24(2)14-25-21-11-18-17-8-6-7-16-13-28(15-29-9-10-30(3,4)5)27-22(16)23(17)26-20(18)12-19(21)24;1-18(2)9-19-15-6-12-11-5-3-4-10-8-20-22-16(10)17(11)21-14(12)7-13(15)18;;;/h11-13,25H,6-10,14H2,1-5H3,(H,26,29);11-13,25-26H,6-10,14-15H2,1-5H3;6-8,19,21H,3-5,9H2,1-2H3,(H,20,22);;;/q;;;;+1;-1. The summed E-state index contributed by atoms with van der Waals surface area (Å²) in [5.74, 6) is 0.0661. The van der Waals surface area contributed by atoms with Gasteiger partial charge in [0, 0.05) is 133 Å². The van der Waals surface area contributed by atoms with Crippen LogP contribution in [0, 0.1) is 0 Å². The Bertz CT molecular complexity index is 4020. The largest absolute Gasteiger partial charge is 1.00 e. The topological polar surface area (TPSA) is 183 Å². The second-order valence-corrected chi connectivity index (χ2v) is 40.2. The van der Waals surface area contributed by atoms with Crippen molar-refractivity contribution in [3.63, 3.8) is 0 Å². The van der Waals surface area contributed by atoms with Gasteiger partial charge in [-0.25, -0.2) is 9.36 Å². The van der Waals surface area contributed by atoms with Crippen LogP contribution >= 0.6 is 0 Å². The normalized spacial score (nSPS) is 17.2. The minimum absolute atomic E-state index is 0.